The summed E-state index contributed by atoms with van der Waals surface area (Å²) in [7, 11) is 0. The number of primary amides is 1. The highest BCUT2D eigenvalue weighted by Crippen LogP contribution is 2.16. The Morgan fingerprint density at radius 3 is 2.65 bits per heavy atom. The molecule has 0 aliphatic heterocycles. The van der Waals surface area contributed by atoms with Crippen LogP contribution in [-0.2, 0) is 0 Å². The molecule has 0 radical (unpaired) electrons. The van der Waals surface area contributed by atoms with E-state index in [0.29, 0.717) is 16.9 Å². The lowest BCUT2D eigenvalue weighted by Crippen LogP contribution is -2.18. The smallest absolute Gasteiger partial charge is 0.255 e. The first-order chi connectivity index (χ1) is 11.1. The van der Waals surface area contributed by atoms with Gasteiger partial charge in [0.25, 0.3) is 11.8 Å². The Morgan fingerprint density at radius 2 is 1.91 bits per heavy atom. The number of amides is 2. The van der Waals surface area contributed by atoms with Crippen molar-refractivity contribution in [2.45, 2.75) is 0 Å². The molecule has 8 nitrogen and oxygen atoms in total. The predicted molar refractivity (Wildman–Crippen MR) is 82.1 cm³/mol. The molecule has 114 valence electrons. The van der Waals surface area contributed by atoms with Crippen LogP contribution >= 0.6 is 0 Å². The van der Waals surface area contributed by atoms with Gasteiger partial charge in [-0.2, -0.15) is 0 Å². The summed E-state index contributed by atoms with van der Waals surface area (Å²) in [4.78, 5) is 23.8. The third kappa shape index (κ3) is 3.05. The molecule has 0 aliphatic rings. The van der Waals surface area contributed by atoms with Crippen LogP contribution < -0.4 is 11.1 Å². The van der Waals surface area contributed by atoms with E-state index < -0.39 is 5.91 Å². The van der Waals surface area contributed by atoms with Gasteiger partial charge in [0, 0.05) is 5.56 Å². The van der Waals surface area contributed by atoms with Crippen molar-refractivity contribution in [2.75, 3.05) is 5.32 Å². The number of hydrogen-bond donors (Lipinski definition) is 2. The number of benzene rings is 2. The van der Waals surface area contributed by atoms with Crippen LogP contribution in [0.2, 0.25) is 0 Å². The fraction of sp³-hybridized carbons (Fsp3) is 0. The third-order valence-electron chi connectivity index (χ3n) is 3.16. The standard InChI is InChI=1S/C15H12N6O2/c16-14(22)12-6-1-2-7-13(12)18-15(23)10-4-3-5-11(8-10)21-9-17-19-20-21/h1-9H,(H2,16,22)(H,18,23). The van der Waals surface area contributed by atoms with Crippen LogP contribution in [0.5, 0.6) is 0 Å². The lowest BCUT2D eigenvalue weighted by molar-refractivity contribution is 0.100. The van der Waals surface area contributed by atoms with Gasteiger partial charge >= 0.3 is 0 Å². The van der Waals surface area contributed by atoms with E-state index in [1.54, 1.807) is 48.5 Å². The molecule has 8 heteroatoms. The van der Waals surface area contributed by atoms with E-state index in [0.717, 1.165) is 0 Å². The van der Waals surface area contributed by atoms with Crippen molar-refractivity contribution in [1.82, 2.24) is 20.2 Å². The zero-order valence-electron chi connectivity index (χ0n) is 11.9. The summed E-state index contributed by atoms with van der Waals surface area (Å²) in [5, 5.41) is 13.6. The van der Waals surface area contributed by atoms with Gasteiger partial charge in [0.1, 0.15) is 6.33 Å². The highest BCUT2D eigenvalue weighted by atomic mass is 16.2. The molecule has 3 rings (SSSR count). The fourth-order valence-corrected chi connectivity index (χ4v) is 2.07. The molecule has 0 unspecified atom stereocenters. The molecule has 1 heterocycles. The summed E-state index contributed by atoms with van der Waals surface area (Å²) < 4.78 is 1.44. The number of para-hydroxylation sites is 1. The Morgan fingerprint density at radius 1 is 1.09 bits per heavy atom. The molecule has 0 saturated heterocycles. The predicted octanol–water partition coefficient (Wildman–Crippen LogP) is 1.01. The van der Waals surface area contributed by atoms with Gasteiger partial charge in [-0.25, -0.2) is 4.68 Å². The van der Waals surface area contributed by atoms with Crippen LogP contribution in [0.3, 0.4) is 0 Å². The van der Waals surface area contributed by atoms with E-state index >= 15 is 0 Å². The van der Waals surface area contributed by atoms with E-state index in [1.807, 2.05) is 0 Å². The van der Waals surface area contributed by atoms with Gasteiger partial charge in [-0.05, 0) is 40.8 Å². The molecule has 23 heavy (non-hydrogen) atoms. The van der Waals surface area contributed by atoms with Gasteiger partial charge in [-0.3, -0.25) is 9.59 Å². The topological polar surface area (TPSA) is 116 Å². The van der Waals surface area contributed by atoms with Crippen molar-refractivity contribution in [3.8, 4) is 5.69 Å². The Balaban J connectivity index is 1.87. The lowest BCUT2D eigenvalue weighted by atomic mass is 10.1. The second-order valence-corrected chi connectivity index (χ2v) is 4.67. The molecule has 0 aliphatic carbocycles. The summed E-state index contributed by atoms with van der Waals surface area (Å²) >= 11 is 0. The zero-order chi connectivity index (χ0) is 16.2. The molecule has 2 aromatic carbocycles. The number of anilines is 1. The number of nitrogens with zero attached hydrogens (tertiary/aromatic N) is 4. The minimum atomic E-state index is -0.608. The van der Waals surface area contributed by atoms with Gasteiger partial charge in [0.2, 0.25) is 0 Å². The molecule has 2 amide bonds. The summed E-state index contributed by atoms with van der Waals surface area (Å²) in [5.74, 6) is -0.975. The van der Waals surface area contributed by atoms with E-state index in [9.17, 15) is 9.59 Å². The summed E-state index contributed by atoms with van der Waals surface area (Å²) in [5.41, 5.74) is 6.95. The number of aromatic nitrogens is 4. The van der Waals surface area contributed by atoms with Crippen molar-refractivity contribution in [3.63, 3.8) is 0 Å². The molecule has 0 saturated carbocycles. The summed E-state index contributed by atoms with van der Waals surface area (Å²) in [6.07, 6.45) is 1.43. The van der Waals surface area contributed by atoms with Gasteiger partial charge < -0.3 is 11.1 Å². The molecule has 0 fully saturated rings. The largest absolute Gasteiger partial charge is 0.366 e. The Kier molecular flexibility index (Phi) is 3.79. The number of tetrazole rings is 1. The Labute approximate surface area is 130 Å². The maximum Gasteiger partial charge on any atom is 0.255 e. The highest BCUT2D eigenvalue weighted by Gasteiger charge is 2.12. The molecule has 3 N–H and O–H groups in total. The molecular weight excluding hydrogens is 296 g/mol. The van der Waals surface area contributed by atoms with Gasteiger partial charge in [0.05, 0.1) is 16.9 Å². The average Bonchev–Trinajstić information content (AvgIpc) is 3.10. The molecular formula is C15H12N6O2. The van der Waals surface area contributed by atoms with Crippen LogP contribution in [0.4, 0.5) is 5.69 Å². The van der Waals surface area contributed by atoms with Crippen LogP contribution in [-0.4, -0.2) is 32.0 Å². The number of hydrogen-bond acceptors (Lipinski definition) is 5. The highest BCUT2D eigenvalue weighted by molar-refractivity contribution is 6.08. The van der Waals surface area contributed by atoms with Crippen molar-refractivity contribution in [2.24, 2.45) is 5.73 Å². The maximum atomic E-state index is 12.4. The quantitative estimate of drug-likeness (QED) is 0.746. The average molecular weight is 308 g/mol. The zero-order valence-corrected chi connectivity index (χ0v) is 11.9. The second kappa shape index (κ2) is 6.06. The fourth-order valence-electron chi connectivity index (χ4n) is 2.07. The van der Waals surface area contributed by atoms with E-state index in [4.69, 9.17) is 5.73 Å². The molecule has 0 atom stereocenters. The van der Waals surface area contributed by atoms with Crippen LogP contribution in [0.15, 0.2) is 54.9 Å². The van der Waals surface area contributed by atoms with Crippen molar-refractivity contribution >= 4 is 17.5 Å². The first-order valence-corrected chi connectivity index (χ1v) is 6.69. The summed E-state index contributed by atoms with van der Waals surface area (Å²) in [6.45, 7) is 0. The van der Waals surface area contributed by atoms with Crippen molar-refractivity contribution < 1.29 is 9.59 Å². The third-order valence-corrected chi connectivity index (χ3v) is 3.16. The van der Waals surface area contributed by atoms with Crippen LogP contribution in [0, 0.1) is 0 Å². The maximum absolute atomic E-state index is 12.4. The minimum absolute atomic E-state index is 0.248. The number of carbonyl (C=O) groups excluding carboxylic acids is 2. The molecule has 3 aromatic rings. The molecule has 0 spiro atoms. The number of carbonyl (C=O) groups is 2. The monoisotopic (exact) mass is 308 g/mol. The lowest BCUT2D eigenvalue weighted by Gasteiger charge is -2.09. The number of nitrogens with one attached hydrogen (secondary N) is 1. The van der Waals surface area contributed by atoms with Crippen LogP contribution in [0.25, 0.3) is 5.69 Å². The van der Waals surface area contributed by atoms with Crippen molar-refractivity contribution in [3.05, 3.63) is 66.0 Å². The Hall–Kier alpha value is -3.55. The minimum Gasteiger partial charge on any atom is -0.366 e. The molecule has 1 aromatic heterocycles. The van der Waals surface area contributed by atoms with E-state index in [-0.39, 0.29) is 11.5 Å². The van der Waals surface area contributed by atoms with Gasteiger partial charge in [-0.15, -0.1) is 5.10 Å². The van der Waals surface area contributed by atoms with Crippen molar-refractivity contribution in [1.29, 1.82) is 0 Å². The van der Waals surface area contributed by atoms with E-state index in [2.05, 4.69) is 20.8 Å². The first kappa shape index (κ1) is 14.4. The number of rotatable bonds is 4. The second-order valence-electron chi connectivity index (χ2n) is 4.67. The summed E-state index contributed by atoms with van der Waals surface area (Å²) in [6, 6.07) is 13.3. The van der Waals surface area contributed by atoms with Gasteiger partial charge in [0.15, 0.2) is 0 Å². The van der Waals surface area contributed by atoms with Gasteiger partial charge in [-0.1, -0.05) is 18.2 Å². The van der Waals surface area contributed by atoms with E-state index in [1.165, 1.54) is 11.0 Å². The Bertz CT molecular complexity index is 860. The van der Waals surface area contributed by atoms with Crippen LogP contribution in [0.1, 0.15) is 20.7 Å². The SMILES string of the molecule is NC(=O)c1ccccc1NC(=O)c1cccc(-n2cnnn2)c1. The molecule has 0 bridgehead atoms. The number of nitrogens with two attached hydrogens (primary N) is 1. The first-order valence-electron chi connectivity index (χ1n) is 6.69. The normalized spacial score (nSPS) is 10.3.